The number of hydrogen-bond acceptors (Lipinski definition) is 2. The van der Waals surface area contributed by atoms with E-state index in [0.29, 0.717) is 0 Å². The minimum Gasteiger partial charge on any atom is -0.265 e. The first-order valence-corrected chi connectivity index (χ1v) is 6.08. The van der Waals surface area contributed by atoms with Crippen LogP contribution in [0.5, 0.6) is 0 Å². The highest BCUT2D eigenvalue weighted by Crippen LogP contribution is 2.26. The zero-order valence-corrected chi connectivity index (χ0v) is 10.7. The Morgan fingerprint density at radius 1 is 1.00 bits per heavy atom. The van der Waals surface area contributed by atoms with Gasteiger partial charge in [-0.3, -0.25) is 4.98 Å². The maximum absolute atomic E-state index is 13.8. The number of aryl methyl sites for hydroxylation is 1. The van der Waals surface area contributed by atoms with Gasteiger partial charge in [0.15, 0.2) is 0 Å². The second kappa shape index (κ2) is 4.85. The number of nitrogens with zero attached hydrogens (tertiary/aromatic N) is 3. The fourth-order valence-corrected chi connectivity index (χ4v) is 2.09. The van der Waals surface area contributed by atoms with Crippen LogP contribution >= 0.6 is 0 Å². The van der Waals surface area contributed by atoms with Crippen molar-refractivity contribution >= 4 is 0 Å². The first-order valence-electron chi connectivity index (χ1n) is 6.08. The summed E-state index contributed by atoms with van der Waals surface area (Å²) in [5, 5.41) is 4.28. The van der Waals surface area contributed by atoms with Gasteiger partial charge in [-0.25, -0.2) is 13.5 Å². The van der Waals surface area contributed by atoms with Crippen molar-refractivity contribution in [3.8, 4) is 16.9 Å². The van der Waals surface area contributed by atoms with Crippen molar-refractivity contribution in [1.82, 2.24) is 14.8 Å². The number of hydrogen-bond donors (Lipinski definition) is 0. The first kappa shape index (κ1) is 12.5. The van der Waals surface area contributed by atoms with Crippen molar-refractivity contribution in [3.63, 3.8) is 0 Å². The summed E-state index contributed by atoms with van der Waals surface area (Å²) in [5.74, 6) is -1.24. The molecule has 3 nitrogen and oxygen atoms in total. The summed E-state index contributed by atoms with van der Waals surface area (Å²) in [6, 6.07) is 8.99. The molecular formula is C15H11F2N3. The van der Waals surface area contributed by atoms with E-state index in [9.17, 15) is 8.78 Å². The Morgan fingerprint density at radius 2 is 1.65 bits per heavy atom. The van der Waals surface area contributed by atoms with Gasteiger partial charge in [-0.1, -0.05) is 6.07 Å². The molecule has 0 aliphatic carbocycles. The molecule has 0 N–H and O–H groups in total. The van der Waals surface area contributed by atoms with Crippen LogP contribution in [0.1, 0.15) is 5.69 Å². The van der Waals surface area contributed by atoms with E-state index in [1.807, 2.05) is 6.92 Å². The van der Waals surface area contributed by atoms with Crippen LogP contribution in [-0.4, -0.2) is 14.8 Å². The van der Waals surface area contributed by atoms with Crippen LogP contribution in [0.15, 0.2) is 48.8 Å². The molecule has 0 saturated heterocycles. The molecule has 0 saturated carbocycles. The van der Waals surface area contributed by atoms with Gasteiger partial charge in [-0.15, -0.1) is 0 Å². The maximum Gasteiger partial charge on any atom is 0.135 e. The van der Waals surface area contributed by atoms with Gasteiger partial charge >= 0.3 is 0 Å². The predicted molar refractivity (Wildman–Crippen MR) is 71.4 cm³/mol. The summed E-state index contributed by atoms with van der Waals surface area (Å²) in [6.07, 6.45) is 3.28. The van der Waals surface area contributed by atoms with Crippen LogP contribution in [0, 0.1) is 18.6 Å². The molecule has 0 aliphatic rings. The van der Waals surface area contributed by atoms with Crippen LogP contribution < -0.4 is 0 Å². The van der Waals surface area contributed by atoms with E-state index in [4.69, 9.17) is 0 Å². The Labute approximate surface area is 114 Å². The molecule has 0 aliphatic heterocycles. The third-order valence-electron chi connectivity index (χ3n) is 3.01. The van der Waals surface area contributed by atoms with Gasteiger partial charge in [-0.05, 0) is 37.3 Å². The lowest BCUT2D eigenvalue weighted by atomic mass is 10.1. The van der Waals surface area contributed by atoms with Crippen molar-refractivity contribution in [3.05, 3.63) is 66.1 Å². The zero-order valence-electron chi connectivity index (χ0n) is 10.7. The van der Waals surface area contributed by atoms with Crippen LogP contribution in [0.2, 0.25) is 0 Å². The number of benzene rings is 1. The molecule has 0 atom stereocenters. The van der Waals surface area contributed by atoms with Crippen molar-refractivity contribution in [2.75, 3.05) is 0 Å². The van der Waals surface area contributed by atoms with Gasteiger partial charge in [-0.2, -0.15) is 5.10 Å². The lowest BCUT2D eigenvalue weighted by molar-refractivity contribution is 0.588. The molecule has 0 unspecified atom stereocenters. The van der Waals surface area contributed by atoms with Crippen LogP contribution in [0.4, 0.5) is 8.78 Å². The lowest BCUT2D eigenvalue weighted by Crippen LogP contribution is -1.99. The van der Waals surface area contributed by atoms with E-state index in [2.05, 4.69) is 10.1 Å². The highest BCUT2D eigenvalue weighted by Gasteiger charge is 2.15. The Morgan fingerprint density at radius 3 is 2.30 bits per heavy atom. The number of aromatic nitrogens is 3. The molecule has 100 valence electrons. The third-order valence-corrected chi connectivity index (χ3v) is 3.01. The second-order valence-corrected chi connectivity index (χ2v) is 4.38. The van der Waals surface area contributed by atoms with Gasteiger partial charge < -0.3 is 0 Å². The van der Waals surface area contributed by atoms with Gasteiger partial charge in [0.2, 0.25) is 0 Å². The molecule has 2 heterocycles. The Bertz CT molecular complexity index is 731. The SMILES string of the molecule is Cc1cc(-c2c(F)cccc2F)nn1-c1ccncc1. The Kier molecular flexibility index (Phi) is 3.02. The summed E-state index contributed by atoms with van der Waals surface area (Å²) >= 11 is 0. The predicted octanol–water partition coefficient (Wildman–Crippen LogP) is 3.52. The average Bonchev–Trinajstić information content (AvgIpc) is 2.81. The quantitative estimate of drug-likeness (QED) is 0.714. The lowest BCUT2D eigenvalue weighted by Gasteiger charge is -2.03. The standard InChI is InChI=1S/C15H11F2N3/c1-10-9-14(15-12(16)3-2-4-13(15)17)19-20(10)11-5-7-18-8-6-11/h2-9H,1H3. The summed E-state index contributed by atoms with van der Waals surface area (Å²) < 4.78 is 29.2. The fourth-order valence-electron chi connectivity index (χ4n) is 2.09. The van der Waals surface area contributed by atoms with E-state index in [0.717, 1.165) is 11.4 Å². The zero-order chi connectivity index (χ0) is 14.1. The van der Waals surface area contributed by atoms with Crippen LogP contribution in [0.25, 0.3) is 16.9 Å². The molecule has 5 heteroatoms. The molecule has 3 rings (SSSR count). The van der Waals surface area contributed by atoms with Gasteiger partial charge in [0.1, 0.15) is 11.6 Å². The van der Waals surface area contributed by atoms with Crippen molar-refractivity contribution in [1.29, 1.82) is 0 Å². The van der Waals surface area contributed by atoms with E-state index < -0.39 is 11.6 Å². The van der Waals surface area contributed by atoms with Gasteiger partial charge in [0, 0.05) is 18.1 Å². The third kappa shape index (κ3) is 2.07. The van der Waals surface area contributed by atoms with Crippen molar-refractivity contribution in [2.24, 2.45) is 0 Å². The van der Waals surface area contributed by atoms with E-state index >= 15 is 0 Å². The van der Waals surface area contributed by atoms with Crippen LogP contribution in [0.3, 0.4) is 0 Å². The molecular weight excluding hydrogens is 260 g/mol. The summed E-state index contributed by atoms with van der Waals surface area (Å²) in [6.45, 7) is 1.83. The van der Waals surface area contributed by atoms with Crippen molar-refractivity contribution < 1.29 is 8.78 Å². The molecule has 3 aromatic rings. The Hall–Kier alpha value is -2.56. The average molecular weight is 271 g/mol. The molecule has 0 spiro atoms. The van der Waals surface area contributed by atoms with Crippen LogP contribution in [-0.2, 0) is 0 Å². The minimum atomic E-state index is -0.621. The largest absolute Gasteiger partial charge is 0.265 e. The minimum absolute atomic E-state index is 0.108. The summed E-state index contributed by atoms with van der Waals surface area (Å²) in [4.78, 5) is 3.93. The Balaban J connectivity index is 2.15. The smallest absolute Gasteiger partial charge is 0.135 e. The van der Waals surface area contributed by atoms with E-state index in [1.165, 1.54) is 18.2 Å². The second-order valence-electron chi connectivity index (χ2n) is 4.38. The molecule has 0 fully saturated rings. The summed E-state index contributed by atoms with van der Waals surface area (Å²) in [5.41, 5.74) is 1.74. The summed E-state index contributed by atoms with van der Waals surface area (Å²) in [7, 11) is 0. The molecule has 2 aromatic heterocycles. The first-order chi connectivity index (χ1) is 9.66. The topological polar surface area (TPSA) is 30.7 Å². The van der Waals surface area contributed by atoms with E-state index in [1.54, 1.807) is 35.3 Å². The number of rotatable bonds is 2. The maximum atomic E-state index is 13.8. The van der Waals surface area contributed by atoms with E-state index in [-0.39, 0.29) is 11.3 Å². The normalized spacial score (nSPS) is 10.8. The highest BCUT2D eigenvalue weighted by atomic mass is 19.1. The highest BCUT2D eigenvalue weighted by molar-refractivity contribution is 5.61. The molecule has 20 heavy (non-hydrogen) atoms. The monoisotopic (exact) mass is 271 g/mol. The van der Waals surface area contributed by atoms with Gasteiger partial charge in [0.25, 0.3) is 0 Å². The van der Waals surface area contributed by atoms with Gasteiger partial charge in [0.05, 0.1) is 16.9 Å². The fraction of sp³-hybridized carbons (Fsp3) is 0.0667. The molecule has 0 bridgehead atoms. The molecule has 0 amide bonds. The van der Waals surface area contributed by atoms with Crippen molar-refractivity contribution in [2.45, 2.75) is 6.92 Å². The number of pyridine rings is 1. The number of halogens is 2. The molecule has 1 aromatic carbocycles. The molecule has 0 radical (unpaired) electrons.